The van der Waals surface area contributed by atoms with Crippen LogP contribution in [0.25, 0.3) is 16.7 Å². The van der Waals surface area contributed by atoms with E-state index in [1.165, 1.54) is 11.3 Å². The molecule has 1 amide bonds. The summed E-state index contributed by atoms with van der Waals surface area (Å²) in [6.45, 7) is 0.336. The number of hydrogen-bond acceptors (Lipinski definition) is 5. The molecule has 2 aromatic carbocycles. The maximum Gasteiger partial charge on any atom is 0.295 e. The van der Waals surface area contributed by atoms with Crippen molar-refractivity contribution >= 4 is 39.7 Å². The average molecular weight is 459 g/mol. The largest absolute Gasteiger partial charge is 0.507 e. The van der Waals surface area contributed by atoms with Crippen LogP contribution >= 0.6 is 11.3 Å². The Balaban J connectivity index is 1.52. The summed E-state index contributed by atoms with van der Waals surface area (Å²) in [5.41, 5.74) is 2.65. The van der Waals surface area contributed by atoms with Crippen LogP contribution in [0.1, 0.15) is 22.0 Å². The Morgan fingerprint density at radius 3 is 2.67 bits per heavy atom. The van der Waals surface area contributed by atoms with Crippen molar-refractivity contribution in [1.29, 1.82) is 0 Å². The zero-order valence-electron chi connectivity index (χ0n) is 17.9. The number of carbonyl (C=O) groups is 2. The Morgan fingerprint density at radius 1 is 1.12 bits per heavy atom. The van der Waals surface area contributed by atoms with Gasteiger partial charge in [0, 0.05) is 34.1 Å². The highest BCUT2D eigenvalue weighted by Gasteiger charge is 2.46. The summed E-state index contributed by atoms with van der Waals surface area (Å²) < 4.78 is 5.35. The molecule has 0 spiro atoms. The van der Waals surface area contributed by atoms with Crippen LogP contribution < -0.4 is 4.74 Å². The van der Waals surface area contributed by atoms with Crippen LogP contribution in [0.2, 0.25) is 0 Å². The van der Waals surface area contributed by atoms with Gasteiger partial charge in [-0.15, -0.1) is 11.3 Å². The normalized spacial score (nSPS) is 17.7. The van der Waals surface area contributed by atoms with Gasteiger partial charge >= 0.3 is 0 Å². The Labute approximate surface area is 194 Å². The van der Waals surface area contributed by atoms with Crippen LogP contribution in [0.4, 0.5) is 0 Å². The topological polar surface area (TPSA) is 82.6 Å². The number of hydrogen-bond donors (Lipinski definition) is 2. The number of aromatic amines is 1. The molecular weight excluding hydrogens is 436 g/mol. The molecule has 5 rings (SSSR count). The molecule has 1 aliphatic rings. The lowest BCUT2D eigenvalue weighted by molar-refractivity contribution is -0.139. The van der Waals surface area contributed by atoms with Crippen LogP contribution in [0, 0.1) is 0 Å². The number of benzene rings is 2. The first-order chi connectivity index (χ1) is 16.1. The van der Waals surface area contributed by atoms with Gasteiger partial charge in [0.25, 0.3) is 11.7 Å². The molecular formula is C26H22N2O4S. The number of Topliss-reactive ketones (excluding diaryl/α,β-unsaturated/α-hetero) is 1. The van der Waals surface area contributed by atoms with E-state index in [1.807, 2.05) is 48.0 Å². The van der Waals surface area contributed by atoms with Crippen LogP contribution in [0.3, 0.4) is 0 Å². The molecule has 6 nitrogen and oxygen atoms in total. The van der Waals surface area contributed by atoms with Crippen molar-refractivity contribution in [2.75, 3.05) is 13.7 Å². The molecule has 0 bridgehead atoms. The van der Waals surface area contributed by atoms with Gasteiger partial charge < -0.3 is 19.7 Å². The quantitative estimate of drug-likeness (QED) is 0.245. The number of fused-ring (bicyclic) bond motifs is 1. The van der Waals surface area contributed by atoms with Crippen molar-refractivity contribution < 1.29 is 19.4 Å². The first-order valence-electron chi connectivity index (χ1n) is 10.6. The van der Waals surface area contributed by atoms with E-state index in [0.29, 0.717) is 18.5 Å². The van der Waals surface area contributed by atoms with Crippen LogP contribution in [-0.4, -0.2) is 40.3 Å². The number of aromatic nitrogens is 1. The third kappa shape index (κ3) is 3.70. The van der Waals surface area contributed by atoms with E-state index in [9.17, 15) is 14.7 Å². The average Bonchev–Trinajstić information content (AvgIpc) is 3.57. The minimum absolute atomic E-state index is 0.134. The number of aliphatic hydroxyl groups excluding tert-OH is 1. The maximum absolute atomic E-state index is 13.1. The molecule has 2 aromatic heterocycles. The number of rotatable bonds is 6. The van der Waals surface area contributed by atoms with E-state index in [1.54, 1.807) is 36.3 Å². The Kier molecular flexibility index (Phi) is 5.48. The van der Waals surface area contributed by atoms with Crippen LogP contribution in [-0.2, 0) is 16.0 Å². The molecule has 1 atom stereocenters. The number of nitrogens with zero attached hydrogens (tertiary/aromatic N) is 1. The number of nitrogens with one attached hydrogen (secondary N) is 1. The van der Waals surface area contributed by atoms with Gasteiger partial charge in [0.2, 0.25) is 0 Å². The number of H-pyrrole nitrogens is 1. The van der Waals surface area contributed by atoms with Gasteiger partial charge in [-0.2, -0.15) is 0 Å². The molecule has 0 unspecified atom stereocenters. The summed E-state index contributed by atoms with van der Waals surface area (Å²) in [5, 5.41) is 13.9. The van der Waals surface area contributed by atoms with E-state index < -0.39 is 17.7 Å². The molecule has 1 saturated heterocycles. The predicted molar refractivity (Wildman–Crippen MR) is 128 cm³/mol. The number of aliphatic hydroxyl groups is 1. The summed E-state index contributed by atoms with van der Waals surface area (Å²) in [4.78, 5) is 31.8. The van der Waals surface area contributed by atoms with E-state index in [4.69, 9.17) is 4.74 Å². The summed E-state index contributed by atoms with van der Waals surface area (Å²) in [6, 6.07) is 17.8. The molecule has 33 heavy (non-hydrogen) atoms. The number of ketones is 1. The number of carbonyl (C=O) groups excluding carboxylic acids is 2. The zero-order chi connectivity index (χ0) is 22.9. The fourth-order valence-electron chi connectivity index (χ4n) is 4.34. The number of amides is 1. The molecule has 1 aliphatic heterocycles. The zero-order valence-corrected chi connectivity index (χ0v) is 18.8. The van der Waals surface area contributed by atoms with E-state index >= 15 is 0 Å². The van der Waals surface area contributed by atoms with Crippen molar-refractivity contribution in [3.05, 3.63) is 93.8 Å². The lowest BCUT2D eigenvalue weighted by Gasteiger charge is -2.24. The molecule has 1 fully saturated rings. The first kappa shape index (κ1) is 21.0. The Morgan fingerprint density at radius 2 is 1.94 bits per heavy atom. The summed E-state index contributed by atoms with van der Waals surface area (Å²) in [6.07, 6.45) is 2.47. The maximum atomic E-state index is 13.1. The predicted octanol–water partition coefficient (Wildman–Crippen LogP) is 4.90. The Hall–Kier alpha value is -3.84. The van der Waals surface area contributed by atoms with Crippen molar-refractivity contribution in [3.8, 4) is 5.75 Å². The number of methoxy groups -OCH3 is 1. The fraction of sp³-hybridized carbons (Fsp3) is 0.154. The number of likely N-dealkylation sites (tertiary alicyclic amines) is 1. The Bertz CT molecular complexity index is 1360. The molecule has 0 saturated carbocycles. The minimum atomic E-state index is -0.657. The molecule has 0 aliphatic carbocycles. The van der Waals surface area contributed by atoms with Gasteiger partial charge in [0.1, 0.15) is 11.5 Å². The molecule has 2 N–H and O–H groups in total. The third-order valence-electron chi connectivity index (χ3n) is 6.00. The highest BCUT2D eigenvalue weighted by atomic mass is 32.1. The SMILES string of the molecule is COc1ccc2[nH]cc(CCN3C(=O)C(=O)C(=C(O)c4ccccc4)[C@@H]3c3cccs3)c2c1. The van der Waals surface area contributed by atoms with Crippen molar-refractivity contribution in [2.24, 2.45) is 0 Å². The monoisotopic (exact) mass is 458 g/mol. The first-order valence-corrected chi connectivity index (χ1v) is 11.5. The summed E-state index contributed by atoms with van der Waals surface area (Å²) in [7, 11) is 1.63. The van der Waals surface area contributed by atoms with Gasteiger partial charge in [-0.3, -0.25) is 9.59 Å². The second-order valence-corrected chi connectivity index (χ2v) is 8.83. The second-order valence-electron chi connectivity index (χ2n) is 7.85. The van der Waals surface area contributed by atoms with Gasteiger partial charge in [0.05, 0.1) is 18.7 Å². The highest BCUT2D eigenvalue weighted by molar-refractivity contribution is 7.10. The van der Waals surface area contributed by atoms with Crippen molar-refractivity contribution in [3.63, 3.8) is 0 Å². The van der Waals surface area contributed by atoms with E-state index in [-0.39, 0.29) is 11.3 Å². The summed E-state index contributed by atoms with van der Waals surface area (Å²) >= 11 is 1.46. The fourth-order valence-corrected chi connectivity index (χ4v) is 5.18. The molecule has 166 valence electrons. The van der Waals surface area contributed by atoms with Crippen molar-refractivity contribution in [2.45, 2.75) is 12.5 Å². The minimum Gasteiger partial charge on any atom is -0.507 e. The lowest BCUT2D eigenvalue weighted by Crippen LogP contribution is -2.31. The van der Waals surface area contributed by atoms with Crippen molar-refractivity contribution in [1.82, 2.24) is 9.88 Å². The van der Waals surface area contributed by atoms with Gasteiger partial charge in [-0.25, -0.2) is 0 Å². The van der Waals surface area contributed by atoms with Gasteiger partial charge in [-0.1, -0.05) is 36.4 Å². The van der Waals surface area contributed by atoms with Crippen LogP contribution in [0.15, 0.2) is 77.8 Å². The lowest BCUT2D eigenvalue weighted by atomic mass is 10.00. The molecule has 3 heterocycles. The van der Waals surface area contributed by atoms with E-state index in [0.717, 1.165) is 27.1 Å². The van der Waals surface area contributed by atoms with Crippen LogP contribution in [0.5, 0.6) is 5.75 Å². The number of ether oxygens (including phenoxy) is 1. The van der Waals surface area contributed by atoms with E-state index in [2.05, 4.69) is 4.98 Å². The number of thiophene rings is 1. The molecule has 7 heteroatoms. The standard InChI is InChI=1S/C26H22N2O4S/c1-32-18-9-10-20-19(14-18)17(15-27-20)11-12-28-23(21-8-5-13-33-21)22(25(30)26(28)31)24(29)16-6-3-2-4-7-16/h2-10,13-15,23,27,29H,11-12H2,1H3/t23-/m0/s1. The smallest absolute Gasteiger partial charge is 0.295 e. The highest BCUT2D eigenvalue weighted by Crippen LogP contribution is 2.41. The second kappa shape index (κ2) is 8.60. The molecule has 4 aromatic rings. The van der Waals surface area contributed by atoms with Gasteiger partial charge in [-0.05, 0) is 41.6 Å². The molecule has 0 radical (unpaired) electrons. The van der Waals surface area contributed by atoms with Gasteiger partial charge in [0.15, 0.2) is 0 Å². The summed E-state index contributed by atoms with van der Waals surface area (Å²) in [5.74, 6) is -0.643. The third-order valence-corrected chi connectivity index (χ3v) is 6.92.